The van der Waals surface area contributed by atoms with Crippen molar-refractivity contribution < 1.29 is 9.53 Å². The standard InChI is InChI=1S/C15H22N2O2S/c1-9(18)14-13(16)12(10-5-6-10)15(20-14)17-7-3-4-11(8-17)19-2/h10-11H,3-8,16H2,1-2H3. The van der Waals surface area contributed by atoms with E-state index in [0.29, 0.717) is 12.0 Å². The van der Waals surface area contributed by atoms with Crippen molar-refractivity contribution in [2.24, 2.45) is 0 Å². The van der Waals surface area contributed by atoms with Gasteiger partial charge in [-0.25, -0.2) is 0 Å². The van der Waals surface area contributed by atoms with Gasteiger partial charge >= 0.3 is 0 Å². The Morgan fingerprint density at radius 1 is 1.40 bits per heavy atom. The van der Waals surface area contributed by atoms with Crippen molar-refractivity contribution in [3.8, 4) is 0 Å². The van der Waals surface area contributed by atoms with Gasteiger partial charge < -0.3 is 15.4 Å². The van der Waals surface area contributed by atoms with E-state index in [9.17, 15) is 4.79 Å². The van der Waals surface area contributed by atoms with Gasteiger partial charge in [0.05, 0.1) is 21.7 Å². The third-order valence-electron chi connectivity index (χ3n) is 4.27. The lowest BCUT2D eigenvalue weighted by molar-refractivity contribution is 0.0895. The number of nitrogens with zero attached hydrogens (tertiary/aromatic N) is 1. The summed E-state index contributed by atoms with van der Waals surface area (Å²) in [6.45, 7) is 3.56. The van der Waals surface area contributed by atoms with Crippen LogP contribution in [0.15, 0.2) is 0 Å². The lowest BCUT2D eigenvalue weighted by atomic mass is 10.1. The van der Waals surface area contributed by atoms with Gasteiger partial charge in [0.15, 0.2) is 5.78 Å². The monoisotopic (exact) mass is 294 g/mol. The molecule has 3 rings (SSSR count). The van der Waals surface area contributed by atoms with Crippen molar-refractivity contribution in [2.75, 3.05) is 30.8 Å². The summed E-state index contributed by atoms with van der Waals surface area (Å²) in [5.41, 5.74) is 8.22. The molecule has 1 aromatic heterocycles. The molecule has 0 radical (unpaired) electrons. The van der Waals surface area contributed by atoms with Gasteiger partial charge in [0.1, 0.15) is 0 Å². The summed E-state index contributed by atoms with van der Waals surface area (Å²) in [5, 5.41) is 1.22. The van der Waals surface area contributed by atoms with Gasteiger partial charge in [-0.2, -0.15) is 0 Å². The average Bonchev–Trinajstić information content (AvgIpc) is 3.22. The normalized spacial score (nSPS) is 23.1. The van der Waals surface area contributed by atoms with Crippen molar-refractivity contribution in [3.63, 3.8) is 0 Å². The molecule has 0 amide bonds. The quantitative estimate of drug-likeness (QED) is 0.867. The molecule has 0 bridgehead atoms. The van der Waals surface area contributed by atoms with E-state index in [2.05, 4.69) is 4.90 Å². The zero-order valence-corrected chi connectivity index (χ0v) is 13.0. The maximum atomic E-state index is 11.8. The number of ether oxygens (including phenoxy) is 1. The number of Topliss-reactive ketones (excluding diaryl/α,β-unsaturated/α-hetero) is 1. The third kappa shape index (κ3) is 2.44. The van der Waals surface area contributed by atoms with Crippen molar-refractivity contribution in [1.82, 2.24) is 0 Å². The van der Waals surface area contributed by atoms with Crippen LogP contribution in [0, 0.1) is 0 Å². The molecule has 0 aromatic carbocycles. The van der Waals surface area contributed by atoms with Crippen LogP contribution >= 0.6 is 11.3 Å². The van der Waals surface area contributed by atoms with Crippen LogP contribution in [0.5, 0.6) is 0 Å². The molecule has 2 heterocycles. The highest BCUT2D eigenvalue weighted by molar-refractivity contribution is 7.18. The summed E-state index contributed by atoms with van der Waals surface area (Å²) < 4.78 is 5.51. The van der Waals surface area contributed by atoms with E-state index in [4.69, 9.17) is 10.5 Å². The predicted octanol–water partition coefficient (Wildman–Crippen LogP) is 3.03. The van der Waals surface area contributed by atoms with Crippen LogP contribution in [0.4, 0.5) is 10.7 Å². The molecule has 2 fully saturated rings. The summed E-state index contributed by atoms with van der Waals surface area (Å²) in [6.07, 6.45) is 4.95. The van der Waals surface area contributed by atoms with Gasteiger partial charge in [0.2, 0.25) is 0 Å². The Hall–Kier alpha value is -1.07. The predicted molar refractivity (Wildman–Crippen MR) is 83.0 cm³/mol. The van der Waals surface area contributed by atoms with Crippen molar-refractivity contribution in [3.05, 3.63) is 10.4 Å². The summed E-state index contributed by atoms with van der Waals surface area (Å²) in [7, 11) is 1.78. The van der Waals surface area contributed by atoms with Gasteiger partial charge in [-0.3, -0.25) is 4.79 Å². The lowest BCUT2D eigenvalue weighted by Gasteiger charge is -2.33. The molecular weight excluding hydrogens is 272 g/mol. The fourth-order valence-corrected chi connectivity index (χ4v) is 4.26. The van der Waals surface area contributed by atoms with E-state index >= 15 is 0 Å². The van der Waals surface area contributed by atoms with Gasteiger partial charge in [0, 0.05) is 32.7 Å². The van der Waals surface area contributed by atoms with E-state index in [1.54, 1.807) is 25.4 Å². The minimum atomic E-state index is 0.0842. The molecule has 110 valence electrons. The fourth-order valence-electron chi connectivity index (χ4n) is 3.02. The Morgan fingerprint density at radius 2 is 2.15 bits per heavy atom. The molecule has 1 saturated heterocycles. The number of hydrogen-bond acceptors (Lipinski definition) is 5. The van der Waals surface area contributed by atoms with Crippen LogP contribution in [-0.2, 0) is 4.74 Å². The number of ketones is 1. The molecule has 4 nitrogen and oxygen atoms in total. The number of piperidine rings is 1. The van der Waals surface area contributed by atoms with Crippen LogP contribution in [0.2, 0.25) is 0 Å². The van der Waals surface area contributed by atoms with E-state index in [1.807, 2.05) is 0 Å². The van der Waals surface area contributed by atoms with Crippen LogP contribution in [-0.4, -0.2) is 32.1 Å². The topological polar surface area (TPSA) is 55.6 Å². The van der Waals surface area contributed by atoms with E-state index in [-0.39, 0.29) is 5.78 Å². The molecule has 1 saturated carbocycles. The number of hydrogen-bond donors (Lipinski definition) is 1. The summed E-state index contributed by atoms with van der Waals surface area (Å²) in [6, 6.07) is 0. The van der Waals surface area contributed by atoms with Crippen molar-refractivity contribution >= 4 is 27.8 Å². The van der Waals surface area contributed by atoms with E-state index in [0.717, 1.165) is 36.5 Å². The molecule has 1 aliphatic carbocycles. The number of anilines is 2. The molecule has 1 atom stereocenters. The Balaban J connectivity index is 1.95. The van der Waals surface area contributed by atoms with Gasteiger partial charge in [0.25, 0.3) is 0 Å². The highest BCUT2D eigenvalue weighted by Crippen LogP contribution is 2.52. The first kappa shape index (κ1) is 13.9. The number of nitrogens with two attached hydrogens (primary N) is 1. The number of thiophene rings is 1. The molecule has 1 aliphatic heterocycles. The number of rotatable bonds is 4. The largest absolute Gasteiger partial charge is 0.397 e. The third-order valence-corrected chi connectivity index (χ3v) is 5.65. The second-order valence-electron chi connectivity index (χ2n) is 5.84. The van der Waals surface area contributed by atoms with Gasteiger partial charge in [-0.15, -0.1) is 11.3 Å². The second-order valence-corrected chi connectivity index (χ2v) is 6.84. The molecule has 2 aliphatic rings. The summed E-state index contributed by atoms with van der Waals surface area (Å²) in [4.78, 5) is 14.9. The van der Waals surface area contributed by atoms with Crippen LogP contribution < -0.4 is 10.6 Å². The number of carbonyl (C=O) groups is 1. The van der Waals surface area contributed by atoms with Crippen LogP contribution in [0.1, 0.15) is 53.8 Å². The van der Waals surface area contributed by atoms with Crippen molar-refractivity contribution in [2.45, 2.75) is 44.6 Å². The SMILES string of the molecule is COC1CCCN(c2sc(C(C)=O)c(N)c2C2CC2)C1. The highest BCUT2D eigenvalue weighted by Gasteiger charge is 2.35. The minimum absolute atomic E-state index is 0.0842. The van der Waals surface area contributed by atoms with Crippen molar-refractivity contribution in [1.29, 1.82) is 0 Å². The highest BCUT2D eigenvalue weighted by atomic mass is 32.1. The molecule has 0 spiro atoms. The minimum Gasteiger partial charge on any atom is -0.397 e. The Morgan fingerprint density at radius 3 is 2.75 bits per heavy atom. The zero-order valence-electron chi connectivity index (χ0n) is 12.1. The first-order valence-electron chi connectivity index (χ1n) is 7.32. The van der Waals surface area contributed by atoms with Gasteiger partial charge in [-0.05, 0) is 31.6 Å². The van der Waals surface area contributed by atoms with Crippen LogP contribution in [0.3, 0.4) is 0 Å². The molecule has 2 N–H and O–H groups in total. The smallest absolute Gasteiger partial charge is 0.171 e. The zero-order chi connectivity index (χ0) is 14.3. The maximum Gasteiger partial charge on any atom is 0.171 e. The first-order valence-corrected chi connectivity index (χ1v) is 8.14. The second kappa shape index (κ2) is 5.37. The van der Waals surface area contributed by atoms with E-state index < -0.39 is 0 Å². The van der Waals surface area contributed by atoms with Crippen LogP contribution in [0.25, 0.3) is 0 Å². The first-order chi connectivity index (χ1) is 9.61. The summed E-state index contributed by atoms with van der Waals surface area (Å²) >= 11 is 1.58. The molecular formula is C15H22N2O2S. The average molecular weight is 294 g/mol. The molecule has 5 heteroatoms. The Labute approximate surface area is 123 Å². The summed E-state index contributed by atoms with van der Waals surface area (Å²) in [5.74, 6) is 0.651. The Kier molecular flexibility index (Phi) is 3.73. The van der Waals surface area contributed by atoms with E-state index in [1.165, 1.54) is 23.4 Å². The maximum absolute atomic E-state index is 11.8. The fraction of sp³-hybridized carbons (Fsp3) is 0.667. The Bertz CT molecular complexity index is 522. The molecule has 1 unspecified atom stereocenters. The molecule has 1 aromatic rings. The molecule has 20 heavy (non-hydrogen) atoms. The number of methoxy groups -OCH3 is 1. The number of nitrogen functional groups attached to an aromatic ring is 1. The number of carbonyl (C=O) groups excluding carboxylic acids is 1. The lowest BCUT2D eigenvalue weighted by Crippen LogP contribution is -2.39. The van der Waals surface area contributed by atoms with Gasteiger partial charge in [-0.1, -0.05) is 0 Å².